The van der Waals surface area contributed by atoms with Gasteiger partial charge in [-0.25, -0.2) is 0 Å². The molecular weight excluding hydrogens is 292 g/mol. The third-order valence-electron chi connectivity index (χ3n) is 4.38. The van der Waals surface area contributed by atoms with Gasteiger partial charge in [-0.1, -0.05) is 6.92 Å². The predicted molar refractivity (Wildman–Crippen MR) is 92.1 cm³/mol. The van der Waals surface area contributed by atoms with Crippen LogP contribution in [0.4, 0.5) is 5.69 Å². The molecule has 0 spiro atoms. The number of carbonyl (C=O) groups is 1. The SMILES string of the molecule is CC(CC(=O)Nc1ccc(OCCN)cc1)C1C(C)NNC1C. The van der Waals surface area contributed by atoms with Gasteiger partial charge in [0.1, 0.15) is 12.4 Å². The Balaban J connectivity index is 1.84. The number of carbonyl (C=O) groups excluding carboxylic acids is 1. The van der Waals surface area contributed by atoms with Crippen LogP contribution in [0, 0.1) is 11.8 Å². The van der Waals surface area contributed by atoms with Gasteiger partial charge in [-0.05, 0) is 49.9 Å². The first-order valence-corrected chi connectivity index (χ1v) is 8.25. The second-order valence-corrected chi connectivity index (χ2v) is 6.33. The summed E-state index contributed by atoms with van der Waals surface area (Å²) in [6.07, 6.45) is 0.508. The van der Waals surface area contributed by atoms with Gasteiger partial charge in [0.05, 0.1) is 0 Å². The van der Waals surface area contributed by atoms with E-state index in [0.717, 1.165) is 11.4 Å². The molecular formula is C17H28N4O2. The van der Waals surface area contributed by atoms with E-state index in [1.165, 1.54) is 0 Å². The van der Waals surface area contributed by atoms with Crippen LogP contribution in [0.5, 0.6) is 5.75 Å². The average molecular weight is 320 g/mol. The van der Waals surface area contributed by atoms with Crippen LogP contribution in [0.15, 0.2) is 24.3 Å². The van der Waals surface area contributed by atoms with E-state index < -0.39 is 0 Å². The number of nitrogens with one attached hydrogen (secondary N) is 3. The third kappa shape index (κ3) is 4.92. The van der Waals surface area contributed by atoms with E-state index in [1.807, 2.05) is 24.3 Å². The summed E-state index contributed by atoms with van der Waals surface area (Å²) in [5.41, 5.74) is 12.7. The van der Waals surface area contributed by atoms with Crippen molar-refractivity contribution in [3.63, 3.8) is 0 Å². The number of hydrazine groups is 1. The molecule has 2 rings (SSSR count). The van der Waals surface area contributed by atoms with Crippen LogP contribution in [0.2, 0.25) is 0 Å². The van der Waals surface area contributed by atoms with Gasteiger partial charge >= 0.3 is 0 Å². The summed E-state index contributed by atoms with van der Waals surface area (Å²) in [5, 5.41) is 2.95. The number of anilines is 1. The number of rotatable bonds is 7. The van der Waals surface area contributed by atoms with Crippen LogP contribution in [0.1, 0.15) is 27.2 Å². The van der Waals surface area contributed by atoms with Gasteiger partial charge in [-0.3, -0.25) is 15.6 Å². The molecule has 1 fully saturated rings. The van der Waals surface area contributed by atoms with E-state index in [2.05, 4.69) is 36.9 Å². The Morgan fingerprint density at radius 3 is 2.43 bits per heavy atom. The van der Waals surface area contributed by atoms with E-state index in [0.29, 0.717) is 43.5 Å². The summed E-state index contributed by atoms with van der Waals surface area (Å²) < 4.78 is 5.42. The molecule has 1 aliphatic heterocycles. The van der Waals surface area contributed by atoms with Gasteiger partial charge in [0, 0.05) is 30.7 Å². The highest BCUT2D eigenvalue weighted by Gasteiger charge is 2.34. The number of nitrogens with two attached hydrogens (primary N) is 1. The van der Waals surface area contributed by atoms with E-state index in [1.54, 1.807) is 0 Å². The van der Waals surface area contributed by atoms with Gasteiger partial charge < -0.3 is 15.8 Å². The van der Waals surface area contributed by atoms with E-state index >= 15 is 0 Å². The molecule has 3 atom stereocenters. The molecule has 0 saturated carbocycles. The molecule has 1 aromatic rings. The van der Waals surface area contributed by atoms with Gasteiger partial charge in [0.2, 0.25) is 5.91 Å². The molecule has 6 nitrogen and oxygen atoms in total. The van der Waals surface area contributed by atoms with Crippen molar-refractivity contribution in [2.24, 2.45) is 17.6 Å². The fourth-order valence-corrected chi connectivity index (χ4v) is 3.33. The van der Waals surface area contributed by atoms with Crippen LogP contribution in [-0.4, -0.2) is 31.1 Å². The number of hydrogen-bond acceptors (Lipinski definition) is 5. The number of ether oxygens (including phenoxy) is 1. The molecule has 6 heteroatoms. The lowest BCUT2D eigenvalue weighted by Crippen LogP contribution is -2.31. The largest absolute Gasteiger partial charge is 0.492 e. The standard InChI is InChI=1S/C17H28N4O2/c1-11(17-12(2)20-21-13(17)3)10-16(22)19-14-4-6-15(7-5-14)23-9-8-18/h4-7,11-13,17,20-21H,8-10,18H2,1-3H3,(H,19,22). The summed E-state index contributed by atoms with van der Waals surface area (Å²) >= 11 is 0. The molecule has 1 aliphatic rings. The highest BCUT2D eigenvalue weighted by Crippen LogP contribution is 2.26. The maximum absolute atomic E-state index is 12.3. The molecule has 0 radical (unpaired) electrons. The Kier molecular flexibility index (Phi) is 6.38. The van der Waals surface area contributed by atoms with Gasteiger partial charge in [-0.15, -0.1) is 0 Å². The Morgan fingerprint density at radius 2 is 1.87 bits per heavy atom. The maximum Gasteiger partial charge on any atom is 0.224 e. The van der Waals surface area contributed by atoms with Crippen molar-refractivity contribution >= 4 is 11.6 Å². The molecule has 5 N–H and O–H groups in total. The minimum absolute atomic E-state index is 0.0411. The molecule has 3 unspecified atom stereocenters. The van der Waals surface area contributed by atoms with E-state index in [4.69, 9.17) is 10.5 Å². The zero-order chi connectivity index (χ0) is 16.8. The fraction of sp³-hybridized carbons (Fsp3) is 0.588. The smallest absolute Gasteiger partial charge is 0.224 e. The summed E-state index contributed by atoms with van der Waals surface area (Å²) in [7, 11) is 0. The van der Waals surface area contributed by atoms with Crippen molar-refractivity contribution in [2.45, 2.75) is 39.3 Å². The molecule has 23 heavy (non-hydrogen) atoms. The van der Waals surface area contributed by atoms with Crippen LogP contribution in [0.3, 0.4) is 0 Å². The number of hydrogen-bond donors (Lipinski definition) is 4. The Labute approximate surface area is 138 Å². The number of benzene rings is 1. The lowest BCUT2D eigenvalue weighted by molar-refractivity contribution is -0.117. The fourth-order valence-electron chi connectivity index (χ4n) is 3.33. The normalized spacial score (nSPS) is 25.1. The maximum atomic E-state index is 12.3. The molecule has 0 bridgehead atoms. The zero-order valence-electron chi connectivity index (χ0n) is 14.1. The number of amides is 1. The Bertz CT molecular complexity index is 496. The van der Waals surface area contributed by atoms with E-state index in [9.17, 15) is 4.79 Å². The van der Waals surface area contributed by atoms with Crippen LogP contribution in [-0.2, 0) is 4.79 Å². The first kappa shape index (κ1) is 17.7. The molecule has 1 heterocycles. The lowest BCUT2D eigenvalue weighted by Gasteiger charge is -2.25. The topological polar surface area (TPSA) is 88.4 Å². The van der Waals surface area contributed by atoms with Crippen molar-refractivity contribution in [3.8, 4) is 5.75 Å². The van der Waals surface area contributed by atoms with E-state index in [-0.39, 0.29) is 5.91 Å². The minimum atomic E-state index is 0.0411. The highest BCUT2D eigenvalue weighted by atomic mass is 16.5. The molecule has 128 valence electrons. The second kappa shape index (κ2) is 8.29. The molecule has 0 aliphatic carbocycles. The first-order chi connectivity index (χ1) is 11.0. The van der Waals surface area contributed by atoms with Gasteiger partial charge in [-0.2, -0.15) is 0 Å². The monoisotopic (exact) mass is 320 g/mol. The van der Waals surface area contributed by atoms with Crippen molar-refractivity contribution in [1.82, 2.24) is 10.9 Å². The average Bonchev–Trinajstić information content (AvgIpc) is 2.85. The molecule has 0 aromatic heterocycles. The summed E-state index contributed by atoms with van der Waals surface area (Å²) in [4.78, 5) is 12.3. The summed E-state index contributed by atoms with van der Waals surface area (Å²) in [6.45, 7) is 7.40. The summed E-state index contributed by atoms with van der Waals surface area (Å²) in [6, 6.07) is 8.10. The van der Waals surface area contributed by atoms with Crippen molar-refractivity contribution < 1.29 is 9.53 Å². The van der Waals surface area contributed by atoms with Crippen LogP contribution < -0.4 is 26.6 Å². The lowest BCUT2D eigenvalue weighted by atomic mass is 9.82. The summed E-state index contributed by atoms with van der Waals surface area (Å²) in [5.74, 6) is 1.54. The van der Waals surface area contributed by atoms with Crippen LogP contribution >= 0.6 is 0 Å². The zero-order valence-corrected chi connectivity index (χ0v) is 14.1. The third-order valence-corrected chi connectivity index (χ3v) is 4.38. The molecule has 1 saturated heterocycles. The quantitative estimate of drug-likeness (QED) is 0.611. The minimum Gasteiger partial charge on any atom is -0.492 e. The Hall–Kier alpha value is -1.63. The molecule has 1 aromatic carbocycles. The second-order valence-electron chi connectivity index (χ2n) is 6.33. The van der Waals surface area contributed by atoms with Crippen molar-refractivity contribution in [1.29, 1.82) is 0 Å². The van der Waals surface area contributed by atoms with Gasteiger partial charge in [0.25, 0.3) is 0 Å². The predicted octanol–water partition coefficient (Wildman–Crippen LogP) is 1.49. The molecule has 1 amide bonds. The van der Waals surface area contributed by atoms with Crippen LogP contribution in [0.25, 0.3) is 0 Å². The van der Waals surface area contributed by atoms with Crippen molar-refractivity contribution in [2.75, 3.05) is 18.5 Å². The van der Waals surface area contributed by atoms with Crippen molar-refractivity contribution in [3.05, 3.63) is 24.3 Å². The highest BCUT2D eigenvalue weighted by molar-refractivity contribution is 5.90. The van der Waals surface area contributed by atoms with Gasteiger partial charge in [0.15, 0.2) is 0 Å². The first-order valence-electron chi connectivity index (χ1n) is 8.25. The Morgan fingerprint density at radius 1 is 1.26 bits per heavy atom.